The molecule has 156 valence electrons. The maximum absolute atomic E-state index is 12.8. The molecule has 1 aromatic carbocycles. The van der Waals surface area contributed by atoms with Gasteiger partial charge in [0.1, 0.15) is 0 Å². The lowest BCUT2D eigenvalue weighted by Crippen LogP contribution is -2.37. The summed E-state index contributed by atoms with van der Waals surface area (Å²) in [6.45, 7) is 4.15. The number of thiophene rings is 1. The zero-order valence-electron chi connectivity index (χ0n) is 16.1. The minimum absolute atomic E-state index is 0.120. The number of hydrogen-bond donors (Lipinski definition) is 1. The lowest BCUT2D eigenvalue weighted by Gasteiger charge is -2.26. The molecule has 0 aliphatic carbocycles. The van der Waals surface area contributed by atoms with Crippen molar-refractivity contribution < 1.29 is 13.2 Å². The number of fused-ring (bicyclic) bond motifs is 1. The van der Waals surface area contributed by atoms with E-state index in [0.29, 0.717) is 19.6 Å². The van der Waals surface area contributed by atoms with Gasteiger partial charge in [0.2, 0.25) is 10.0 Å². The molecule has 6 nitrogen and oxygen atoms in total. The van der Waals surface area contributed by atoms with Crippen molar-refractivity contribution >= 4 is 38.9 Å². The summed E-state index contributed by atoms with van der Waals surface area (Å²) in [5, 5.41) is 5.26. The molecular weight excluding hydrogens is 430 g/mol. The van der Waals surface area contributed by atoms with E-state index in [2.05, 4.69) is 21.7 Å². The summed E-state index contributed by atoms with van der Waals surface area (Å²) >= 11 is 8.00. The second-order valence-electron chi connectivity index (χ2n) is 7.40. The van der Waals surface area contributed by atoms with Crippen LogP contribution in [0.3, 0.4) is 0 Å². The Morgan fingerprint density at radius 1 is 1.17 bits per heavy atom. The second-order valence-corrected chi connectivity index (χ2v) is 10.7. The third-order valence-electron chi connectivity index (χ3n) is 5.49. The van der Waals surface area contributed by atoms with E-state index in [4.69, 9.17) is 11.6 Å². The van der Waals surface area contributed by atoms with E-state index in [0.717, 1.165) is 38.9 Å². The monoisotopic (exact) mass is 453 g/mol. The van der Waals surface area contributed by atoms with Crippen molar-refractivity contribution in [3.05, 3.63) is 50.7 Å². The molecule has 2 aliphatic rings. The Hall–Kier alpha value is -1.45. The van der Waals surface area contributed by atoms with E-state index in [9.17, 15) is 13.2 Å². The van der Waals surface area contributed by atoms with Gasteiger partial charge in [-0.25, -0.2) is 8.42 Å². The van der Waals surface area contributed by atoms with Crippen molar-refractivity contribution in [1.29, 1.82) is 0 Å². The summed E-state index contributed by atoms with van der Waals surface area (Å²) in [4.78, 5) is 16.5. The van der Waals surface area contributed by atoms with E-state index in [1.807, 2.05) is 0 Å². The second kappa shape index (κ2) is 8.73. The molecule has 4 rings (SSSR count). The van der Waals surface area contributed by atoms with Gasteiger partial charge in [0.25, 0.3) is 5.91 Å². The molecule has 0 bridgehead atoms. The Bertz CT molecular complexity index is 1000. The summed E-state index contributed by atoms with van der Waals surface area (Å²) in [6.07, 6.45) is 2.77. The summed E-state index contributed by atoms with van der Waals surface area (Å²) < 4.78 is 27.0. The fourth-order valence-corrected chi connectivity index (χ4v) is 6.47. The van der Waals surface area contributed by atoms with Gasteiger partial charge in [-0.05, 0) is 54.5 Å². The lowest BCUT2D eigenvalue weighted by atomic mass is 10.1. The highest BCUT2D eigenvalue weighted by molar-refractivity contribution is 7.89. The van der Waals surface area contributed by atoms with E-state index >= 15 is 0 Å². The standard InChI is InChI=1S/C20H24ClN3O3S2/c21-18-4-3-16(29(26,27)24-8-1-2-9-24)13-17(18)20(25)22-7-11-23-10-5-19-15(14-23)6-12-28-19/h3-4,6,12-13H,1-2,5,7-11,14H2,(H,22,25). The summed E-state index contributed by atoms with van der Waals surface area (Å²) in [5.74, 6) is -0.346. The highest BCUT2D eigenvalue weighted by Crippen LogP contribution is 2.26. The highest BCUT2D eigenvalue weighted by Gasteiger charge is 2.28. The van der Waals surface area contributed by atoms with Crippen molar-refractivity contribution in [3.8, 4) is 0 Å². The molecule has 2 aromatic rings. The normalized spacial score (nSPS) is 18.0. The van der Waals surface area contributed by atoms with E-state index < -0.39 is 10.0 Å². The zero-order chi connectivity index (χ0) is 20.4. The Morgan fingerprint density at radius 2 is 1.97 bits per heavy atom. The van der Waals surface area contributed by atoms with Crippen LogP contribution in [0.25, 0.3) is 0 Å². The Labute approximate surface area is 180 Å². The first-order chi connectivity index (χ1) is 13.9. The number of benzene rings is 1. The van der Waals surface area contributed by atoms with Crippen molar-refractivity contribution in [1.82, 2.24) is 14.5 Å². The molecule has 1 saturated heterocycles. The van der Waals surface area contributed by atoms with Crippen molar-refractivity contribution in [2.24, 2.45) is 0 Å². The average Bonchev–Trinajstić information content (AvgIpc) is 3.40. The number of carbonyl (C=O) groups is 1. The smallest absolute Gasteiger partial charge is 0.252 e. The topological polar surface area (TPSA) is 69.7 Å². The van der Waals surface area contributed by atoms with Crippen LogP contribution >= 0.6 is 22.9 Å². The van der Waals surface area contributed by atoms with E-state index in [-0.39, 0.29) is 21.4 Å². The molecule has 1 fully saturated rings. The average molecular weight is 454 g/mol. The summed E-state index contributed by atoms with van der Waals surface area (Å²) in [6, 6.07) is 6.52. The van der Waals surface area contributed by atoms with Crippen molar-refractivity contribution in [2.45, 2.75) is 30.7 Å². The van der Waals surface area contributed by atoms with Gasteiger partial charge in [-0.15, -0.1) is 11.3 Å². The molecule has 0 atom stereocenters. The van der Waals surface area contributed by atoms with Gasteiger partial charge in [-0.1, -0.05) is 11.6 Å². The number of nitrogens with one attached hydrogen (secondary N) is 1. The molecule has 3 heterocycles. The highest BCUT2D eigenvalue weighted by atomic mass is 35.5. The molecule has 1 aromatic heterocycles. The number of halogens is 1. The van der Waals surface area contributed by atoms with Crippen LogP contribution in [0.4, 0.5) is 0 Å². The first-order valence-electron chi connectivity index (χ1n) is 9.80. The molecule has 0 radical (unpaired) electrons. The zero-order valence-corrected chi connectivity index (χ0v) is 18.5. The molecule has 1 N–H and O–H groups in total. The minimum atomic E-state index is -3.58. The number of carbonyl (C=O) groups excluding carboxylic acids is 1. The van der Waals surface area contributed by atoms with Crippen LogP contribution < -0.4 is 5.32 Å². The quantitative estimate of drug-likeness (QED) is 0.730. The van der Waals surface area contributed by atoms with Gasteiger partial charge >= 0.3 is 0 Å². The first-order valence-corrected chi connectivity index (χ1v) is 12.5. The van der Waals surface area contributed by atoms with Crippen LogP contribution in [0.5, 0.6) is 0 Å². The lowest BCUT2D eigenvalue weighted by molar-refractivity contribution is 0.0947. The molecule has 1 amide bonds. The predicted molar refractivity (Wildman–Crippen MR) is 115 cm³/mol. The van der Waals surface area contributed by atoms with Gasteiger partial charge in [0.15, 0.2) is 0 Å². The van der Waals surface area contributed by atoms with Crippen LogP contribution in [0.2, 0.25) is 5.02 Å². The van der Waals surface area contributed by atoms with Crippen LogP contribution in [-0.4, -0.2) is 56.3 Å². The Kier molecular flexibility index (Phi) is 6.27. The fourth-order valence-electron chi connectivity index (χ4n) is 3.84. The number of hydrogen-bond acceptors (Lipinski definition) is 5. The fraction of sp³-hybridized carbons (Fsp3) is 0.450. The molecule has 9 heteroatoms. The summed E-state index contributed by atoms with van der Waals surface area (Å²) in [7, 11) is -3.58. The molecule has 2 aliphatic heterocycles. The van der Waals surface area contributed by atoms with Gasteiger partial charge in [-0.2, -0.15) is 4.31 Å². The number of rotatable bonds is 6. The van der Waals surface area contributed by atoms with Gasteiger partial charge < -0.3 is 5.32 Å². The number of amides is 1. The van der Waals surface area contributed by atoms with Crippen LogP contribution in [-0.2, 0) is 23.0 Å². The van der Waals surface area contributed by atoms with Crippen molar-refractivity contribution in [2.75, 3.05) is 32.7 Å². The third kappa shape index (κ3) is 4.51. The molecule has 0 unspecified atom stereocenters. The van der Waals surface area contributed by atoms with Crippen LogP contribution in [0.1, 0.15) is 33.6 Å². The van der Waals surface area contributed by atoms with Gasteiger partial charge in [0, 0.05) is 44.1 Å². The first kappa shape index (κ1) is 20.8. The molecule has 0 saturated carbocycles. The molecular formula is C20H24ClN3O3S2. The third-order valence-corrected chi connectivity index (χ3v) is 8.73. The summed E-state index contributed by atoms with van der Waals surface area (Å²) in [5.41, 5.74) is 1.57. The van der Waals surface area contributed by atoms with Crippen LogP contribution in [0.15, 0.2) is 34.5 Å². The van der Waals surface area contributed by atoms with Gasteiger partial charge in [-0.3, -0.25) is 9.69 Å². The Balaban J connectivity index is 1.38. The Morgan fingerprint density at radius 3 is 2.76 bits per heavy atom. The van der Waals surface area contributed by atoms with Gasteiger partial charge in [0.05, 0.1) is 15.5 Å². The van der Waals surface area contributed by atoms with Crippen molar-refractivity contribution in [3.63, 3.8) is 0 Å². The molecule has 0 spiro atoms. The maximum Gasteiger partial charge on any atom is 0.252 e. The largest absolute Gasteiger partial charge is 0.351 e. The van der Waals surface area contributed by atoms with Crippen LogP contribution in [0, 0.1) is 0 Å². The minimum Gasteiger partial charge on any atom is -0.351 e. The predicted octanol–water partition coefficient (Wildman–Crippen LogP) is 2.97. The number of sulfonamides is 1. The SMILES string of the molecule is O=C(NCCN1CCc2sccc2C1)c1cc(S(=O)(=O)N2CCCC2)ccc1Cl. The van der Waals surface area contributed by atoms with E-state index in [1.54, 1.807) is 11.3 Å². The molecule has 29 heavy (non-hydrogen) atoms. The maximum atomic E-state index is 12.8. The number of nitrogens with zero attached hydrogens (tertiary/aromatic N) is 2. The van der Waals surface area contributed by atoms with E-state index in [1.165, 1.54) is 32.9 Å².